The second-order valence-electron chi connectivity index (χ2n) is 4.31. The number of hydrogen-bond acceptors (Lipinski definition) is 7. The van der Waals surface area contributed by atoms with Gasteiger partial charge in [-0.3, -0.25) is 19.2 Å². The number of hydrogen-bond donors (Lipinski definition) is 5. The summed E-state index contributed by atoms with van der Waals surface area (Å²) < 4.78 is 4.64. The summed E-state index contributed by atoms with van der Waals surface area (Å²) in [4.78, 5) is 45.0. The first kappa shape index (κ1) is 23.7. The number of nitrogens with one attached hydrogen (secondary N) is 2. The van der Waals surface area contributed by atoms with E-state index in [9.17, 15) is 19.2 Å². The molecule has 2 unspecified atom stereocenters. The van der Waals surface area contributed by atoms with E-state index in [0.717, 1.165) is 0 Å². The van der Waals surface area contributed by atoms with Crippen LogP contribution in [0.25, 0.3) is 0 Å². The summed E-state index contributed by atoms with van der Waals surface area (Å²) in [6, 6.07) is -2.08. The van der Waals surface area contributed by atoms with Gasteiger partial charge >= 0.3 is 11.9 Å². The third kappa shape index (κ3) is 10.8. The first-order valence-electron chi connectivity index (χ1n) is 6.63. The van der Waals surface area contributed by atoms with Gasteiger partial charge in [0.1, 0.15) is 18.6 Å². The number of ether oxygens (including phenoxy) is 1. The van der Waals surface area contributed by atoms with E-state index in [1.165, 1.54) is 0 Å². The van der Waals surface area contributed by atoms with Crippen LogP contribution < -0.4 is 16.4 Å². The second-order valence-corrected chi connectivity index (χ2v) is 4.67. The van der Waals surface area contributed by atoms with E-state index in [1.54, 1.807) is 6.92 Å². The van der Waals surface area contributed by atoms with Crippen molar-refractivity contribution in [2.24, 2.45) is 5.73 Å². The van der Waals surface area contributed by atoms with Crippen LogP contribution in [0, 0.1) is 0 Å². The van der Waals surface area contributed by atoms with Gasteiger partial charge in [0.2, 0.25) is 11.8 Å². The zero-order chi connectivity index (χ0) is 17.1. The summed E-state index contributed by atoms with van der Waals surface area (Å²) in [6.07, 6.45) is -0.187. The predicted molar refractivity (Wildman–Crippen MR) is 87.5 cm³/mol. The largest absolute Gasteiger partial charge is 0.480 e. The highest BCUT2D eigenvalue weighted by Crippen LogP contribution is 1.97. The lowest BCUT2D eigenvalue weighted by atomic mass is 10.1. The van der Waals surface area contributed by atoms with E-state index in [1.807, 2.05) is 0 Å². The second kappa shape index (κ2) is 13.0. The highest BCUT2D eigenvalue weighted by Gasteiger charge is 2.21. The van der Waals surface area contributed by atoms with Gasteiger partial charge in [0.05, 0.1) is 6.61 Å². The van der Waals surface area contributed by atoms with Crippen LogP contribution in [0.5, 0.6) is 0 Å². The molecule has 0 heterocycles. The van der Waals surface area contributed by atoms with Crippen LogP contribution in [0.1, 0.15) is 19.8 Å². The first-order valence-corrected chi connectivity index (χ1v) is 7.27. The molecule has 11 heteroatoms. The Morgan fingerprint density at radius 2 is 1.91 bits per heavy atom. The van der Waals surface area contributed by atoms with Crippen molar-refractivity contribution in [3.63, 3.8) is 0 Å². The molecule has 0 aromatic heterocycles. The normalized spacial score (nSPS) is 12.3. The summed E-state index contributed by atoms with van der Waals surface area (Å²) in [7, 11) is 0. The van der Waals surface area contributed by atoms with Gasteiger partial charge in [-0.1, -0.05) is 0 Å². The minimum absolute atomic E-state index is 0. The fraction of sp³-hybridized carbons (Fsp3) is 0.667. The van der Waals surface area contributed by atoms with Crippen molar-refractivity contribution in [1.82, 2.24) is 10.6 Å². The molecule has 0 radical (unpaired) electrons. The van der Waals surface area contributed by atoms with Crippen LogP contribution in [-0.4, -0.2) is 59.8 Å². The van der Waals surface area contributed by atoms with Crippen molar-refractivity contribution in [1.29, 1.82) is 0 Å². The molecule has 9 nitrogen and oxygen atoms in total. The summed E-state index contributed by atoms with van der Waals surface area (Å²) in [6.45, 7) is 1.53. The summed E-state index contributed by atoms with van der Waals surface area (Å²) >= 11 is 3.95. The Labute approximate surface area is 145 Å². The lowest BCUT2D eigenvalue weighted by molar-refractivity contribution is -0.143. The molecule has 0 spiro atoms. The van der Waals surface area contributed by atoms with Gasteiger partial charge in [0.25, 0.3) is 0 Å². The van der Waals surface area contributed by atoms with Gasteiger partial charge in [-0.25, -0.2) is 0 Å². The zero-order valence-corrected chi connectivity index (χ0v) is 14.3. The van der Waals surface area contributed by atoms with Gasteiger partial charge in [-0.05, 0) is 13.3 Å². The molecule has 0 aliphatic rings. The Hall–Kier alpha value is -1.52. The molecule has 0 aliphatic carbocycles. The third-order valence-electron chi connectivity index (χ3n) is 2.55. The quantitative estimate of drug-likeness (QED) is 0.236. The third-order valence-corrected chi connectivity index (χ3v) is 2.91. The predicted octanol–water partition coefficient (Wildman–Crippen LogP) is -1.31. The maximum atomic E-state index is 11.8. The number of thiol groups is 1. The molecule has 0 aromatic carbocycles. The highest BCUT2D eigenvalue weighted by atomic mass is 35.5. The van der Waals surface area contributed by atoms with Gasteiger partial charge in [-0.2, -0.15) is 12.6 Å². The molecule has 0 rings (SSSR count). The Bertz CT molecular complexity index is 424. The number of carbonyl (C=O) groups is 4. The number of carboxylic acids is 1. The minimum Gasteiger partial charge on any atom is -0.480 e. The van der Waals surface area contributed by atoms with Crippen LogP contribution in [0.4, 0.5) is 0 Å². The van der Waals surface area contributed by atoms with Gasteiger partial charge in [0, 0.05) is 12.2 Å². The molecular formula is C12H22ClN3O6S. The fourth-order valence-electron chi connectivity index (χ4n) is 1.37. The monoisotopic (exact) mass is 371 g/mol. The van der Waals surface area contributed by atoms with Crippen molar-refractivity contribution in [3.05, 3.63) is 0 Å². The Balaban J connectivity index is 0. The molecule has 0 aromatic rings. The van der Waals surface area contributed by atoms with Crippen LogP contribution in [-0.2, 0) is 23.9 Å². The number of halogens is 1. The molecule has 2 amide bonds. The van der Waals surface area contributed by atoms with Gasteiger partial charge < -0.3 is 26.2 Å². The van der Waals surface area contributed by atoms with E-state index < -0.39 is 35.8 Å². The lowest BCUT2D eigenvalue weighted by Gasteiger charge is -2.16. The molecule has 134 valence electrons. The molecule has 23 heavy (non-hydrogen) atoms. The Kier molecular flexibility index (Phi) is 13.4. The summed E-state index contributed by atoms with van der Waals surface area (Å²) in [5.41, 5.74) is 5.27. The van der Waals surface area contributed by atoms with E-state index >= 15 is 0 Å². The smallest absolute Gasteiger partial charge is 0.325 e. The average Bonchev–Trinajstić information content (AvgIpc) is 2.47. The number of carboxylic acid groups (broad SMARTS) is 1. The van der Waals surface area contributed by atoms with Gasteiger partial charge in [0.15, 0.2) is 0 Å². The van der Waals surface area contributed by atoms with Crippen molar-refractivity contribution in [2.45, 2.75) is 31.8 Å². The van der Waals surface area contributed by atoms with Crippen molar-refractivity contribution in [2.75, 3.05) is 18.9 Å². The summed E-state index contributed by atoms with van der Waals surface area (Å²) in [5, 5.41) is 13.3. The SMILES string of the molecule is CCOC(=O)CNC(=O)C(CS)NC(=O)CCC(N)C(=O)O.Cl. The minimum atomic E-state index is -1.20. The average molecular weight is 372 g/mol. The molecule has 5 N–H and O–H groups in total. The van der Waals surface area contributed by atoms with Crippen LogP contribution in [0.2, 0.25) is 0 Å². The molecule has 0 aliphatic heterocycles. The molecular weight excluding hydrogens is 350 g/mol. The van der Waals surface area contributed by atoms with E-state index in [0.29, 0.717) is 0 Å². The van der Waals surface area contributed by atoms with Crippen molar-refractivity contribution < 1.29 is 29.0 Å². The topological polar surface area (TPSA) is 148 Å². The molecule has 0 saturated carbocycles. The number of nitrogens with two attached hydrogens (primary N) is 1. The van der Waals surface area contributed by atoms with Crippen LogP contribution in [0.3, 0.4) is 0 Å². The summed E-state index contributed by atoms with van der Waals surface area (Å²) in [5.74, 6) is -2.88. The lowest BCUT2D eigenvalue weighted by Crippen LogP contribution is -2.49. The van der Waals surface area contributed by atoms with E-state index in [-0.39, 0.29) is 44.2 Å². The molecule has 2 atom stereocenters. The Morgan fingerprint density at radius 1 is 1.30 bits per heavy atom. The standard InChI is InChI=1S/C12H21N3O6S.ClH/c1-2-21-10(17)5-14-11(18)8(6-22)15-9(16)4-3-7(13)12(19)20;/h7-8,22H,2-6,13H2,1H3,(H,14,18)(H,15,16)(H,19,20);1H. The highest BCUT2D eigenvalue weighted by molar-refractivity contribution is 7.80. The molecule has 0 bridgehead atoms. The maximum absolute atomic E-state index is 11.8. The number of carbonyl (C=O) groups excluding carboxylic acids is 3. The zero-order valence-electron chi connectivity index (χ0n) is 12.6. The number of rotatable bonds is 10. The fourth-order valence-corrected chi connectivity index (χ4v) is 1.62. The molecule has 0 saturated heterocycles. The van der Waals surface area contributed by atoms with Crippen LogP contribution >= 0.6 is 25.0 Å². The first-order chi connectivity index (χ1) is 10.3. The van der Waals surface area contributed by atoms with Gasteiger partial charge in [-0.15, -0.1) is 12.4 Å². The maximum Gasteiger partial charge on any atom is 0.325 e. The van der Waals surface area contributed by atoms with E-state index in [2.05, 4.69) is 28.0 Å². The molecule has 0 fully saturated rings. The van der Waals surface area contributed by atoms with Crippen LogP contribution in [0.15, 0.2) is 0 Å². The number of aliphatic carboxylic acids is 1. The van der Waals surface area contributed by atoms with Crippen molar-refractivity contribution in [3.8, 4) is 0 Å². The van der Waals surface area contributed by atoms with E-state index in [4.69, 9.17) is 10.8 Å². The van der Waals surface area contributed by atoms with Crippen molar-refractivity contribution >= 4 is 48.8 Å². The number of esters is 1. The Morgan fingerprint density at radius 3 is 2.39 bits per heavy atom. The number of amides is 2.